The monoisotopic (exact) mass is 421 g/mol. The van der Waals surface area contributed by atoms with Crippen molar-refractivity contribution in [1.29, 1.82) is 0 Å². The zero-order valence-corrected chi connectivity index (χ0v) is 18.0. The Labute approximate surface area is 173 Å². The van der Waals surface area contributed by atoms with Crippen LogP contribution in [-0.4, -0.2) is 66.9 Å². The van der Waals surface area contributed by atoms with Crippen molar-refractivity contribution in [2.24, 2.45) is 5.92 Å². The van der Waals surface area contributed by atoms with Gasteiger partial charge in [0.05, 0.1) is 11.8 Å². The van der Waals surface area contributed by atoms with Crippen molar-refractivity contribution in [2.75, 3.05) is 25.4 Å². The zero-order valence-electron chi connectivity index (χ0n) is 17.2. The predicted molar refractivity (Wildman–Crippen MR) is 112 cm³/mol. The van der Waals surface area contributed by atoms with Crippen LogP contribution in [0.2, 0.25) is 0 Å². The van der Waals surface area contributed by atoms with Crippen LogP contribution in [0.4, 0.5) is 0 Å². The number of amides is 2. The quantitative estimate of drug-likeness (QED) is 0.719. The van der Waals surface area contributed by atoms with Crippen LogP contribution in [0.15, 0.2) is 30.3 Å². The fourth-order valence-corrected chi connectivity index (χ4v) is 5.70. The van der Waals surface area contributed by atoms with Crippen LogP contribution >= 0.6 is 0 Å². The molecule has 2 fully saturated rings. The summed E-state index contributed by atoms with van der Waals surface area (Å²) in [4.78, 5) is 27.2. The summed E-state index contributed by atoms with van der Waals surface area (Å²) < 4.78 is 26.0. The normalized spacial score (nSPS) is 24.4. The first-order valence-electron chi connectivity index (χ1n) is 10.4. The molecule has 0 unspecified atom stereocenters. The Hall–Kier alpha value is -1.93. The maximum Gasteiger partial charge on any atom is 0.253 e. The van der Waals surface area contributed by atoms with Crippen molar-refractivity contribution in [3.8, 4) is 0 Å². The van der Waals surface area contributed by atoms with Gasteiger partial charge in [-0.15, -0.1) is 0 Å². The molecule has 2 aliphatic rings. The number of benzene rings is 1. The van der Waals surface area contributed by atoms with Gasteiger partial charge in [-0.05, 0) is 30.7 Å². The lowest BCUT2D eigenvalue weighted by Gasteiger charge is -2.25. The van der Waals surface area contributed by atoms with Gasteiger partial charge in [0.1, 0.15) is 0 Å². The van der Waals surface area contributed by atoms with Crippen molar-refractivity contribution < 1.29 is 18.0 Å². The number of hydrogen-bond donors (Lipinski definition) is 1. The maximum atomic E-state index is 12.9. The molecule has 160 valence electrons. The number of nitrogens with one attached hydrogen (secondary N) is 1. The number of carbonyl (C=O) groups is 2. The maximum absolute atomic E-state index is 12.9. The minimum absolute atomic E-state index is 0.0114. The van der Waals surface area contributed by atoms with E-state index in [2.05, 4.69) is 17.4 Å². The van der Waals surface area contributed by atoms with E-state index in [0.717, 1.165) is 17.1 Å². The minimum Gasteiger partial charge on any atom is -0.352 e. The van der Waals surface area contributed by atoms with Gasteiger partial charge in [0, 0.05) is 32.1 Å². The second-order valence-electron chi connectivity index (χ2n) is 8.43. The average molecular weight is 422 g/mol. The molecular formula is C21H31N3O4S. The highest BCUT2D eigenvalue weighted by Gasteiger charge is 2.45. The summed E-state index contributed by atoms with van der Waals surface area (Å²) in [5.74, 6) is -0.346. The molecule has 0 radical (unpaired) electrons. The van der Waals surface area contributed by atoms with E-state index in [1.54, 1.807) is 0 Å². The third kappa shape index (κ3) is 5.57. The number of fused-ring (bicyclic) bond motifs is 1. The second-order valence-corrected chi connectivity index (χ2v) is 10.4. The van der Waals surface area contributed by atoms with Gasteiger partial charge in [-0.2, -0.15) is 0 Å². The van der Waals surface area contributed by atoms with Gasteiger partial charge in [-0.25, -0.2) is 12.7 Å². The fourth-order valence-electron chi connectivity index (χ4n) is 4.09. The average Bonchev–Trinajstić information content (AvgIpc) is 3.04. The van der Waals surface area contributed by atoms with Gasteiger partial charge in [-0.1, -0.05) is 44.2 Å². The summed E-state index contributed by atoms with van der Waals surface area (Å²) >= 11 is 0. The first-order valence-corrected chi connectivity index (χ1v) is 12.0. The van der Waals surface area contributed by atoms with Crippen LogP contribution in [0, 0.1) is 5.92 Å². The van der Waals surface area contributed by atoms with Crippen molar-refractivity contribution in [3.05, 3.63) is 35.9 Å². The van der Waals surface area contributed by atoms with Crippen LogP contribution in [0.1, 0.15) is 38.7 Å². The van der Waals surface area contributed by atoms with E-state index in [1.165, 1.54) is 5.56 Å². The summed E-state index contributed by atoms with van der Waals surface area (Å²) in [6, 6.07) is 9.48. The van der Waals surface area contributed by atoms with Gasteiger partial charge in [-0.3, -0.25) is 14.5 Å². The highest BCUT2D eigenvalue weighted by Crippen LogP contribution is 2.25. The smallest absolute Gasteiger partial charge is 0.253 e. The Bertz CT molecular complexity index is 826. The highest BCUT2D eigenvalue weighted by molar-refractivity contribution is 7.89. The first kappa shape index (κ1) is 21.8. The molecule has 2 saturated heterocycles. The first-order chi connectivity index (χ1) is 13.8. The second kappa shape index (κ2) is 9.26. The summed E-state index contributed by atoms with van der Waals surface area (Å²) in [7, 11) is -3.57. The molecular weight excluding hydrogens is 390 g/mol. The Morgan fingerprint density at radius 2 is 1.97 bits per heavy atom. The lowest BCUT2D eigenvalue weighted by Crippen LogP contribution is -2.45. The summed E-state index contributed by atoms with van der Waals surface area (Å²) in [6.45, 7) is 4.86. The minimum atomic E-state index is -3.57. The van der Waals surface area contributed by atoms with Crippen molar-refractivity contribution in [1.82, 2.24) is 14.5 Å². The Balaban J connectivity index is 1.53. The molecule has 0 aliphatic carbocycles. The summed E-state index contributed by atoms with van der Waals surface area (Å²) in [5, 5.41) is 3.04. The number of sulfonamides is 1. The number of rotatable bonds is 7. The molecule has 1 aromatic rings. The fraction of sp³-hybridized carbons (Fsp3) is 0.619. The molecule has 8 heteroatoms. The zero-order chi connectivity index (χ0) is 21.0. The molecule has 29 heavy (non-hydrogen) atoms. The predicted octanol–water partition coefficient (Wildman–Crippen LogP) is 1.40. The van der Waals surface area contributed by atoms with Crippen molar-refractivity contribution in [3.63, 3.8) is 0 Å². The van der Waals surface area contributed by atoms with Crippen LogP contribution < -0.4 is 5.32 Å². The molecule has 1 aromatic carbocycles. The van der Waals surface area contributed by atoms with E-state index in [1.807, 2.05) is 36.9 Å². The largest absolute Gasteiger partial charge is 0.352 e. The SMILES string of the molecule is CC(C)CN1C(=O)[C@@H]2C[C@H](NC(=O)CCCc3ccccc3)CN2CCS1(=O)=O. The van der Waals surface area contributed by atoms with Gasteiger partial charge in [0.15, 0.2) is 0 Å². The molecule has 0 bridgehead atoms. The van der Waals surface area contributed by atoms with Crippen LogP contribution in [-0.2, 0) is 26.0 Å². The molecule has 3 rings (SSSR count). The molecule has 7 nitrogen and oxygen atoms in total. The summed E-state index contributed by atoms with van der Waals surface area (Å²) in [5.41, 5.74) is 1.21. The number of hydrogen-bond acceptors (Lipinski definition) is 5. The molecule has 0 saturated carbocycles. The number of aryl methyl sites for hydroxylation is 1. The van der Waals surface area contributed by atoms with Crippen molar-refractivity contribution in [2.45, 2.75) is 51.6 Å². The van der Waals surface area contributed by atoms with Gasteiger partial charge >= 0.3 is 0 Å². The highest BCUT2D eigenvalue weighted by atomic mass is 32.2. The van der Waals surface area contributed by atoms with Gasteiger partial charge < -0.3 is 5.32 Å². The van der Waals surface area contributed by atoms with Crippen LogP contribution in [0.3, 0.4) is 0 Å². The Kier molecular flexibility index (Phi) is 6.95. The molecule has 2 amide bonds. The molecule has 1 N–H and O–H groups in total. The van der Waals surface area contributed by atoms with E-state index in [-0.39, 0.29) is 36.1 Å². The third-order valence-electron chi connectivity index (χ3n) is 5.51. The topological polar surface area (TPSA) is 86.8 Å². The molecule has 0 spiro atoms. The van der Waals surface area contributed by atoms with Crippen molar-refractivity contribution >= 4 is 21.8 Å². The van der Waals surface area contributed by atoms with Gasteiger partial charge in [0.25, 0.3) is 5.91 Å². The van der Waals surface area contributed by atoms with Crippen LogP contribution in [0.25, 0.3) is 0 Å². The Morgan fingerprint density at radius 1 is 1.24 bits per heavy atom. The van der Waals surface area contributed by atoms with E-state index in [9.17, 15) is 18.0 Å². The van der Waals surface area contributed by atoms with E-state index in [0.29, 0.717) is 25.9 Å². The van der Waals surface area contributed by atoms with Crippen LogP contribution in [0.5, 0.6) is 0 Å². The number of carbonyl (C=O) groups excluding carboxylic acids is 2. The number of nitrogens with zero attached hydrogens (tertiary/aromatic N) is 2. The Morgan fingerprint density at radius 3 is 2.66 bits per heavy atom. The molecule has 2 atom stereocenters. The molecule has 2 aliphatic heterocycles. The van der Waals surface area contributed by atoms with Gasteiger partial charge in [0.2, 0.25) is 15.9 Å². The standard InChI is InChI=1S/C21H31N3O4S/c1-16(2)14-24-21(26)19-13-18(15-23(19)11-12-29(24,27)28)22-20(25)10-6-9-17-7-4-3-5-8-17/h3-5,7-8,16,18-19H,6,9-15H2,1-2H3,(H,22,25)/t18-,19-/m0/s1. The van der Waals surface area contributed by atoms with E-state index >= 15 is 0 Å². The lowest BCUT2D eigenvalue weighted by molar-refractivity contribution is -0.131. The van der Waals surface area contributed by atoms with E-state index < -0.39 is 16.1 Å². The molecule has 2 heterocycles. The summed E-state index contributed by atoms with van der Waals surface area (Å²) in [6.07, 6.45) is 2.54. The molecule has 0 aromatic heterocycles. The lowest BCUT2D eigenvalue weighted by atomic mass is 10.1. The van der Waals surface area contributed by atoms with E-state index in [4.69, 9.17) is 0 Å². The third-order valence-corrected chi connectivity index (χ3v) is 7.21.